The van der Waals surface area contributed by atoms with E-state index in [4.69, 9.17) is 0 Å². The van der Waals surface area contributed by atoms with E-state index in [1.165, 1.54) is 12.3 Å². The number of carbonyl (C=O) groups is 2. The molecule has 4 nitrogen and oxygen atoms in total. The van der Waals surface area contributed by atoms with Crippen LogP contribution in [0.4, 0.5) is 0 Å². The summed E-state index contributed by atoms with van der Waals surface area (Å²) in [6.07, 6.45) is 3.75. The van der Waals surface area contributed by atoms with Gasteiger partial charge in [-0.1, -0.05) is 6.92 Å². The molecule has 0 bridgehead atoms. The number of rotatable bonds is 3. The minimum Gasteiger partial charge on any atom is -0.382 e. The number of hydrogen-bond donors (Lipinski definition) is 1. The zero-order valence-electron chi connectivity index (χ0n) is 9.91. The zero-order chi connectivity index (χ0) is 12.4. The monoisotopic (exact) mass is 230 g/mol. The minimum atomic E-state index is -0.152. The van der Waals surface area contributed by atoms with Crippen LogP contribution in [0, 0.1) is 6.92 Å². The lowest BCUT2D eigenvalue weighted by molar-refractivity contribution is 0.0978. The Bertz CT molecular complexity index is 518. The second kappa shape index (κ2) is 4.49. The van der Waals surface area contributed by atoms with Crippen LogP contribution in [0.2, 0.25) is 0 Å². The lowest BCUT2D eigenvalue weighted by Gasteiger charge is -2.16. The number of allylic oxidation sites excluding steroid dienone is 2. The summed E-state index contributed by atoms with van der Waals surface area (Å²) in [6, 6.07) is 1.66. The number of hydrogen-bond acceptors (Lipinski definition) is 4. The molecule has 0 fully saturated rings. The van der Waals surface area contributed by atoms with Crippen molar-refractivity contribution in [2.75, 3.05) is 6.54 Å². The van der Waals surface area contributed by atoms with Crippen molar-refractivity contribution in [2.45, 2.75) is 20.3 Å². The highest BCUT2D eigenvalue weighted by molar-refractivity contribution is 6.24. The predicted molar refractivity (Wildman–Crippen MR) is 64.0 cm³/mol. The normalized spacial score (nSPS) is 14.4. The quantitative estimate of drug-likeness (QED) is 0.857. The molecule has 0 unspecified atom stereocenters. The molecule has 0 radical (unpaired) electrons. The lowest BCUT2D eigenvalue weighted by atomic mass is 9.94. The number of Topliss-reactive ketones (excluding diaryl/α,β-unsaturated/α-hetero) is 1. The van der Waals surface area contributed by atoms with Crippen molar-refractivity contribution in [1.82, 2.24) is 10.3 Å². The first kappa shape index (κ1) is 11.5. The Labute approximate surface area is 99.7 Å². The first-order chi connectivity index (χ1) is 8.13. The van der Waals surface area contributed by atoms with Gasteiger partial charge in [-0.3, -0.25) is 14.6 Å². The maximum atomic E-state index is 12.1. The van der Waals surface area contributed by atoms with Crippen LogP contribution in [-0.2, 0) is 0 Å². The molecule has 1 aliphatic carbocycles. The Morgan fingerprint density at radius 3 is 2.76 bits per heavy atom. The molecule has 0 spiro atoms. The Hall–Kier alpha value is -1.97. The summed E-state index contributed by atoms with van der Waals surface area (Å²) >= 11 is 0. The number of ketones is 2. The molecule has 17 heavy (non-hydrogen) atoms. The Balaban J connectivity index is 2.39. The lowest BCUT2D eigenvalue weighted by Crippen LogP contribution is -2.27. The zero-order valence-corrected chi connectivity index (χ0v) is 9.91. The Kier molecular flexibility index (Phi) is 3.04. The second-order valence-electron chi connectivity index (χ2n) is 4.05. The number of carbonyl (C=O) groups excluding carboxylic acids is 2. The van der Waals surface area contributed by atoms with E-state index in [1.807, 2.05) is 6.92 Å². The molecule has 0 amide bonds. The van der Waals surface area contributed by atoms with Gasteiger partial charge in [-0.05, 0) is 19.4 Å². The van der Waals surface area contributed by atoms with Gasteiger partial charge in [-0.25, -0.2) is 0 Å². The van der Waals surface area contributed by atoms with Gasteiger partial charge in [0, 0.05) is 30.1 Å². The molecule has 1 aliphatic rings. The number of nitrogens with one attached hydrogen (secondary N) is 1. The average Bonchev–Trinajstić information content (AvgIpc) is 2.32. The van der Waals surface area contributed by atoms with Gasteiger partial charge in [0.1, 0.15) is 0 Å². The summed E-state index contributed by atoms with van der Waals surface area (Å²) in [7, 11) is 0. The van der Waals surface area contributed by atoms with Crippen molar-refractivity contribution in [1.29, 1.82) is 0 Å². The van der Waals surface area contributed by atoms with Crippen LogP contribution >= 0.6 is 0 Å². The number of pyridine rings is 1. The number of aromatic nitrogens is 1. The summed E-state index contributed by atoms with van der Waals surface area (Å²) in [4.78, 5) is 28.0. The summed E-state index contributed by atoms with van der Waals surface area (Å²) in [5, 5.41) is 2.97. The number of aryl methyl sites for hydroxylation is 1. The molecule has 0 saturated heterocycles. The largest absolute Gasteiger partial charge is 0.382 e. The van der Waals surface area contributed by atoms with E-state index in [1.54, 1.807) is 13.0 Å². The van der Waals surface area contributed by atoms with Gasteiger partial charge in [0.05, 0.1) is 11.3 Å². The topological polar surface area (TPSA) is 59.1 Å². The summed E-state index contributed by atoms with van der Waals surface area (Å²) in [6.45, 7) is 4.48. The highest BCUT2D eigenvalue weighted by Crippen LogP contribution is 2.19. The standard InChI is InChI=1S/C13H14N2O2/c1-3-4-14-11-6-12(16)9-5-8(2)15-7-10(9)13(11)17/h5-7,14H,3-4H2,1-2H3. The fraction of sp³-hybridized carbons (Fsp3) is 0.308. The summed E-state index contributed by atoms with van der Waals surface area (Å²) < 4.78 is 0. The molecule has 0 saturated carbocycles. The van der Waals surface area contributed by atoms with Crippen molar-refractivity contribution in [3.05, 3.63) is 40.9 Å². The van der Waals surface area contributed by atoms with Crippen LogP contribution in [0.5, 0.6) is 0 Å². The number of nitrogens with zero attached hydrogens (tertiary/aromatic N) is 1. The van der Waals surface area contributed by atoms with Crippen LogP contribution in [0.3, 0.4) is 0 Å². The van der Waals surface area contributed by atoms with E-state index in [0.717, 1.165) is 12.1 Å². The van der Waals surface area contributed by atoms with E-state index in [9.17, 15) is 9.59 Å². The first-order valence-corrected chi connectivity index (χ1v) is 5.64. The first-order valence-electron chi connectivity index (χ1n) is 5.64. The predicted octanol–water partition coefficient (Wildman–Crippen LogP) is 1.65. The van der Waals surface area contributed by atoms with E-state index >= 15 is 0 Å². The van der Waals surface area contributed by atoms with E-state index in [0.29, 0.717) is 23.4 Å². The molecule has 4 heteroatoms. The van der Waals surface area contributed by atoms with Gasteiger partial charge >= 0.3 is 0 Å². The van der Waals surface area contributed by atoms with E-state index < -0.39 is 0 Å². The van der Waals surface area contributed by atoms with Crippen molar-refractivity contribution < 1.29 is 9.59 Å². The smallest absolute Gasteiger partial charge is 0.211 e. The molecule has 0 atom stereocenters. The molecule has 0 aromatic carbocycles. The van der Waals surface area contributed by atoms with Gasteiger partial charge in [0.15, 0.2) is 5.78 Å². The Morgan fingerprint density at radius 2 is 2.06 bits per heavy atom. The molecule has 88 valence electrons. The molecule has 1 heterocycles. The molecular weight excluding hydrogens is 216 g/mol. The van der Waals surface area contributed by atoms with Crippen molar-refractivity contribution >= 4 is 11.6 Å². The molecule has 1 N–H and O–H groups in total. The van der Waals surface area contributed by atoms with Crippen LogP contribution in [0.1, 0.15) is 39.8 Å². The third-order valence-electron chi connectivity index (χ3n) is 2.64. The SMILES string of the molecule is CCCNC1=CC(=O)c2cc(C)ncc2C1=O. The van der Waals surface area contributed by atoms with Crippen molar-refractivity contribution in [3.63, 3.8) is 0 Å². The summed E-state index contributed by atoms with van der Waals surface area (Å²) in [5.41, 5.74) is 1.95. The third-order valence-corrected chi connectivity index (χ3v) is 2.64. The molecular formula is C13H14N2O2. The highest BCUT2D eigenvalue weighted by Gasteiger charge is 2.25. The maximum Gasteiger partial charge on any atom is 0.211 e. The third kappa shape index (κ3) is 2.11. The van der Waals surface area contributed by atoms with Gasteiger partial charge < -0.3 is 5.32 Å². The maximum absolute atomic E-state index is 12.1. The Morgan fingerprint density at radius 1 is 1.29 bits per heavy atom. The second-order valence-corrected chi connectivity index (χ2v) is 4.05. The number of fused-ring (bicyclic) bond motifs is 1. The van der Waals surface area contributed by atoms with Gasteiger partial charge in [0.2, 0.25) is 5.78 Å². The van der Waals surface area contributed by atoms with E-state index in [2.05, 4.69) is 10.3 Å². The van der Waals surface area contributed by atoms with Gasteiger partial charge in [0.25, 0.3) is 0 Å². The molecule has 1 aromatic rings. The van der Waals surface area contributed by atoms with Crippen LogP contribution in [0.25, 0.3) is 0 Å². The van der Waals surface area contributed by atoms with Gasteiger partial charge in [-0.2, -0.15) is 0 Å². The van der Waals surface area contributed by atoms with Crippen molar-refractivity contribution in [2.24, 2.45) is 0 Å². The molecule has 0 aliphatic heterocycles. The minimum absolute atomic E-state index is 0.135. The van der Waals surface area contributed by atoms with Crippen molar-refractivity contribution in [3.8, 4) is 0 Å². The fourth-order valence-electron chi connectivity index (χ4n) is 1.76. The average molecular weight is 230 g/mol. The van der Waals surface area contributed by atoms with Crippen LogP contribution < -0.4 is 5.32 Å². The summed E-state index contributed by atoms with van der Waals surface area (Å²) in [5.74, 6) is -0.288. The van der Waals surface area contributed by atoms with Crippen LogP contribution in [0.15, 0.2) is 24.0 Å². The molecule has 2 rings (SSSR count). The van der Waals surface area contributed by atoms with Crippen LogP contribution in [-0.4, -0.2) is 23.1 Å². The van der Waals surface area contributed by atoms with E-state index in [-0.39, 0.29) is 11.6 Å². The fourth-order valence-corrected chi connectivity index (χ4v) is 1.76. The molecule has 1 aromatic heterocycles. The highest BCUT2D eigenvalue weighted by atomic mass is 16.1. The van der Waals surface area contributed by atoms with Gasteiger partial charge in [-0.15, -0.1) is 0 Å².